The first kappa shape index (κ1) is 9.19. The highest BCUT2D eigenvalue weighted by atomic mass is 16.3. The average Bonchev–Trinajstić information content (AvgIpc) is 2.06. The van der Waals surface area contributed by atoms with Gasteiger partial charge in [-0.25, -0.2) is 0 Å². The number of hydrogen-bond donors (Lipinski definition) is 3. The van der Waals surface area contributed by atoms with E-state index < -0.39 is 5.72 Å². The number of nitrogens with two attached hydrogens (primary N) is 2. The van der Waals surface area contributed by atoms with Crippen LogP contribution in [0.25, 0.3) is 0 Å². The van der Waals surface area contributed by atoms with Crippen molar-refractivity contribution in [3.8, 4) is 0 Å². The molecular weight excluding hydrogens is 152 g/mol. The third kappa shape index (κ3) is 2.62. The number of benzene rings is 1. The Morgan fingerprint density at radius 1 is 1.25 bits per heavy atom. The van der Waals surface area contributed by atoms with Gasteiger partial charge in [0.25, 0.3) is 0 Å². The van der Waals surface area contributed by atoms with Crippen molar-refractivity contribution in [1.82, 2.24) is 0 Å². The van der Waals surface area contributed by atoms with Crippen LogP contribution in [0.1, 0.15) is 5.56 Å². The minimum Gasteiger partial charge on any atom is -0.374 e. The van der Waals surface area contributed by atoms with E-state index in [0.29, 0.717) is 6.42 Å². The fraction of sp³-hybridized carbons (Fsp3) is 0.333. The predicted molar refractivity (Wildman–Crippen MR) is 48.3 cm³/mol. The molecule has 0 aliphatic heterocycles. The molecule has 66 valence electrons. The van der Waals surface area contributed by atoms with E-state index in [-0.39, 0.29) is 6.54 Å². The maximum absolute atomic E-state index is 9.43. The quantitative estimate of drug-likeness (QED) is 0.546. The Morgan fingerprint density at radius 3 is 2.33 bits per heavy atom. The van der Waals surface area contributed by atoms with Gasteiger partial charge in [0.15, 0.2) is 0 Å². The van der Waals surface area contributed by atoms with Crippen molar-refractivity contribution in [2.45, 2.75) is 12.1 Å². The topological polar surface area (TPSA) is 72.3 Å². The molecule has 0 saturated heterocycles. The number of aliphatic hydroxyl groups is 1. The van der Waals surface area contributed by atoms with Crippen molar-refractivity contribution in [1.29, 1.82) is 0 Å². The van der Waals surface area contributed by atoms with Crippen molar-refractivity contribution < 1.29 is 5.11 Å². The molecule has 1 rings (SSSR count). The maximum Gasteiger partial charge on any atom is 0.129 e. The first-order chi connectivity index (χ1) is 5.64. The number of hydrogen-bond acceptors (Lipinski definition) is 3. The van der Waals surface area contributed by atoms with Crippen LogP contribution in [0, 0.1) is 0 Å². The van der Waals surface area contributed by atoms with E-state index in [9.17, 15) is 5.11 Å². The molecule has 0 spiro atoms. The van der Waals surface area contributed by atoms with Crippen LogP contribution in [-0.2, 0) is 6.42 Å². The predicted octanol–water partition coefficient (Wildman–Crippen LogP) is -0.165. The maximum atomic E-state index is 9.43. The van der Waals surface area contributed by atoms with Crippen LogP contribution in [0.4, 0.5) is 0 Å². The largest absolute Gasteiger partial charge is 0.374 e. The van der Waals surface area contributed by atoms with Gasteiger partial charge >= 0.3 is 0 Å². The summed E-state index contributed by atoms with van der Waals surface area (Å²) < 4.78 is 0. The fourth-order valence-electron chi connectivity index (χ4n) is 1.02. The molecule has 3 nitrogen and oxygen atoms in total. The molecule has 1 aromatic rings. The fourth-order valence-corrected chi connectivity index (χ4v) is 1.02. The standard InChI is InChI=1S/C9H14N2O/c10-7-9(11,12)6-8-4-2-1-3-5-8/h1-5,12H,6-7,10-11H2. The molecule has 0 radical (unpaired) electrons. The Labute approximate surface area is 72.0 Å². The second-order valence-corrected chi connectivity index (χ2v) is 2.97. The summed E-state index contributed by atoms with van der Waals surface area (Å²) in [6, 6.07) is 9.55. The van der Waals surface area contributed by atoms with Crippen LogP contribution < -0.4 is 11.5 Å². The molecule has 0 heterocycles. The van der Waals surface area contributed by atoms with E-state index in [1.807, 2.05) is 30.3 Å². The molecular formula is C9H14N2O. The molecule has 1 unspecified atom stereocenters. The van der Waals surface area contributed by atoms with Gasteiger partial charge in [-0.1, -0.05) is 30.3 Å². The molecule has 0 aliphatic rings. The minimum absolute atomic E-state index is 0.0713. The van der Waals surface area contributed by atoms with Crippen LogP contribution in [0.5, 0.6) is 0 Å². The summed E-state index contributed by atoms with van der Waals surface area (Å²) in [5.41, 5.74) is 10.5. The van der Waals surface area contributed by atoms with Crippen LogP contribution in [0.2, 0.25) is 0 Å². The molecule has 3 heteroatoms. The number of rotatable bonds is 3. The third-order valence-corrected chi connectivity index (χ3v) is 1.71. The third-order valence-electron chi connectivity index (χ3n) is 1.71. The highest BCUT2D eigenvalue weighted by Gasteiger charge is 2.18. The van der Waals surface area contributed by atoms with Gasteiger partial charge in [0.2, 0.25) is 0 Å². The van der Waals surface area contributed by atoms with Gasteiger partial charge in [0.1, 0.15) is 5.72 Å². The molecule has 0 aliphatic carbocycles. The molecule has 0 amide bonds. The van der Waals surface area contributed by atoms with Gasteiger partial charge in [-0.3, -0.25) is 0 Å². The minimum atomic E-state index is -1.28. The van der Waals surface area contributed by atoms with Crippen molar-refractivity contribution in [3.63, 3.8) is 0 Å². The van der Waals surface area contributed by atoms with Crippen molar-refractivity contribution in [2.75, 3.05) is 6.54 Å². The van der Waals surface area contributed by atoms with E-state index in [1.165, 1.54) is 0 Å². The highest BCUT2D eigenvalue weighted by molar-refractivity contribution is 5.16. The normalized spacial score (nSPS) is 15.6. The van der Waals surface area contributed by atoms with E-state index >= 15 is 0 Å². The summed E-state index contributed by atoms with van der Waals surface area (Å²) in [5.74, 6) is 0. The Bertz CT molecular complexity index is 234. The van der Waals surface area contributed by atoms with Crippen molar-refractivity contribution >= 4 is 0 Å². The molecule has 12 heavy (non-hydrogen) atoms. The summed E-state index contributed by atoms with van der Waals surface area (Å²) >= 11 is 0. The molecule has 0 saturated carbocycles. The molecule has 0 bridgehead atoms. The Hall–Kier alpha value is -0.900. The van der Waals surface area contributed by atoms with Gasteiger partial charge in [-0.2, -0.15) is 0 Å². The summed E-state index contributed by atoms with van der Waals surface area (Å²) in [5, 5.41) is 9.43. The van der Waals surface area contributed by atoms with Crippen LogP contribution >= 0.6 is 0 Å². The zero-order chi connectivity index (χ0) is 9.03. The van der Waals surface area contributed by atoms with Gasteiger partial charge in [0, 0.05) is 13.0 Å². The zero-order valence-electron chi connectivity index (χ0n) is 6.90. The Balaban J connectivity index is 2.64. The van der Waals surface area contributed by atoms with Crippen LogP contribution in [0.3, 0.4) is 0 Å². The molecule has 1 atom stereocenters. The van der Waals surface area contributed by atoms with Crippen molar-refractivity contribution in [3.05, 3.63) is 35.9 Å². The lowest BCUT2D eigenvalue weighted by atomic mass is 10.0. The van der Waals surface area contributed by atoms with Gasteiger partial charge < -0.3 is 16.6 Å². The SMILES string of the molecule is NCC(N)(O)Cc1ccccc1. The summed E-state index contributed by atoms with van der Waals surface area (Å²) in [7, 11) is 0. The monoisotopic (exact) mass is 166 g/mol. The van der Waals surface area contributed by atoms with Gasteiger partial charge in [0.05, 0.1) is 0 Å². The van der Waals surface area contributed by atoms with E-state index in [4.69, 9.17) is 11.5 Å². The lowest BCUT2D eigenvalue weighted by Crippen LogP contribution is -2.48. The van der Waals surface area contributed by atoms with Gasteiger partial charge in [-0.05, 0) is 5.56 Å². The zero-order valence-corrected chi connectivity index (χ0v) is 6.90. The smallest absolute Gasteiger partial charge is 0.129 e. The van der Waals surface area contributed by atoms with E-state index in [0.717, 1.165) is 5.56 Å². The molecule has 0 aromatic heterocycles. The Morgan fingerprint density at radius 2 is 1.83 bits per heavy atom. The van der Waals surface area contributed by atoms with Crippen molar-refractivity contribution in [2.24, 2.45) is 11.5 Å². The summed E-state index contributed by atoms with van der Waals surface area (Å²) in [6.45, 7) is 0.0713. The van der Waals surface area contributed by atoms with Crippen LogP contribution in [-0.4, -0.2) is 17.4 Å². The molecule has 1 aromatic carbocycles. The van der Waals surface area contributed by atoms with E-state index in [2.05, 4.69) is 0 Å². The lowest BCUT2D eigenvalue weighted by molar-refractivity contribution is 0.0565. The lowest BCUT2D eigenvalue weighted by Gasteiger charge is -2.20. The first-order valence-electron chi connectivity index (χ1n) is 3.89. The summed E-state index contributed by atoms with van der Waals surface area (Å²) in [6.07, 6.45) is 0.393. The second kappa shape index (κ2) is 3.67. The van der Waals surface area contributed by atoms with Gasteiger partial charge in [-0.15, -0.1) is 0 Å². The highest BCUT2D eigenvalue weighted by Crippen LogP contribution is 2.06. The second-order valence-electron chi connectivity index (χ2n) is 2.97. The molecule has 5 N–H and O–H groups in total. The average molecular weight is 166 g/mol. The molecule has 0 fully saturated rings. The Kier molecular flexibility index (Phi) is 2.81. The summed E-state index contributed by atoms with van der Waals surface area (Å²) in [4.78, 5) is 0. The van der Waals surface area contributed by atoms with Crippen LogP contribution in [0.15, 0.2) is 30.3 Å². The van der Waals surface area contributed by atoms with E-state index in [1.54, 1.807) is 0 Å². The first-order valence-corrected chi connectivity index (χ1v) is 3.89.